The number of nitrogens with two attached hydrogens (primary N) is 1. The monoisotopic (exact) mass is 300 g/mol. The quantitative estimate of drug-likeness (QED) is 0.670. The van der Waals surface area contributed by atoms with Crippen molar-refractivity contribution in [2.45, 2.75) is 25.8 Å². The van der Waals surface area contributed by atoms with Crippen LogP contribution in [0.2, 0.25) is 0 Å². The predicted octanol–water partition coefficient (Wildman–Crippen LogP) is 0.303. The standard InChI is InChI=1S/C12H20N4O3S/c1-4-14-9-6-5-7-15-10(9)20(18,19)16-8-12(2,3)11(13)17/h5-7,14,16H,4,8H2,1-3H3,(H2,13,17). The normalized spacial score (nSPS) is 12.2. The molecular formula is C12H20N4O3S. The minimum atomic E-state index is -3.81. The smallest absolute Gasteiger partial charge is 0.260 e. The first-order valence-corrected chi connectivity index (χ1v) is 7.67. The van der Waals surface area contributed by atoms with Crippen LogP contribution >= 0.6 is 0 Å². The predicted molar refractivity (Wildman–Crippen MR) is 76.6 cm³/mol. The molecule has 0 fully saturated rings. The lowest BCUT2D eigenvalue weighted by Crippen LogP contribution is -2.42. The highest BCUT2D eigenvalue weighted by Gasteiger charge is 2.29. The zero-order valence-corrected chi connectivity index (χ0v) is 12.6. The van der Waals surface area contributed by atoms with Gasteiger partial charge in [-0.15, -0.1) is 0 Å². The van der Waals surface area contributed by atoms with E-state index in [1.807, 2.05) is 6.92 Å². The molecule has 1 aromatic heterocycles. The van der Waals surface area contributed by atoms with Crippen molar-refractivity contribution in [3.05, 3.63) is 18.3 Å². The Morgan fingerprint density at radius 2 is 2.10 bits per heavy atom. The number of hydrogen-bond acceptors (Lipinski definition) is 5. The zero-order chi connectivity index (χ0) is 15.4. The van der Waals surface area contributed by atoms with Crippen LogP contribution in [-0.2, 0) is 14.8 Å². The number of primary amides is 1. The molecule has 0 aliphatic heterocycles. The number of hydrogen-bond donors (Lipinski definition) is 3. The fourth-order valence-corrected chi connectivity index (χ4v) is 2.68. The maximum absolute atomic E-state index is 12.2. The van der Waals surface area contributed by atoms with Gasteiger partial charge in [0.15, 0.2) is 5.03 Å². The molecule has 8 heteroatoms. The van der Waals surface area contributed by atoms with E-state index in [1.54, 1.807) is 26.0 Å². The molecule has 1 amide bonds. The lowest BCUT2D eigenvalue weighted by molar-refractivity contribution is -0.125. The summed E-state index contributed by atoms with van der Waals surface area (Å²) in [6.07, 6.45) is 1.40. The van der Waals surface area contributed by atoms with Crippen molar-refractivity contribution in [3.63, 3.8) is 0 Å². The third-order valence-corrected chi connectivity index (χ3v) is 4.12. The van der Waals surface area contributed by atoms with Crippen molar-refractivity contribution in [2.24, 2.45) is 11.1 Å². The van der Waals surface area contributed by atoms with Crippen molar-refractivity contribution >= 4 is 21.6 Å². The second kappa shape index (κ2) is 6.19. The number of aromatic nitrogens is 1. The van der Waals surface area contributed by atoms with E-state index in [2.05, 4.69) is 15.0 Å². The van der Waals surface area contributed by atoms with Gasteiger partial charge in [-0.05, 0) is 32.9 Å². The van der Waals surface area contributed by atoms with Crippen molar-refractivity contribution in [2.75, 3.05) is 18.4 Å². The first-order valence-electron chi connectivity index (χ1n) is 6.19. The molecule has 0 unspecified atom stereocenters. The summed E-state index contributed by atoms with van der Waals surface area (Å²) in [5, 5.41) is 2.83. The average molecular weight is 300 g/mol. The summed E-state index contributed by atoms with van der Waals surface area (Å²) < 4.78 is 26.8. The maximum atomic E-state index is 12.2. The van der Waals surface area contributed by atoms with Gasteiger partial charge in [-0.3, -0.25) is 4.79 Å². The molecule has 4 N–H and O–H groups in total. The molecule has 0 aromatic carbocycles. The molecule has 112 valence electrons. The van der Waals surface area contributed by atoms with Crippen LogP contribution in [0.3, 0.4) is 0 Å². The Kier molecular flexibility index (Phi) is 5.07. The summed E-state index contributed by atoms with van der Waals surface area (Å²) in [4.78, 5) is 15.1. The molecule has 1 rings (SSSR count). The Labute approximate surface area is 119 Å². The number of nitrogens with zero attached hydrogens (tertiary/aromatic N) is 1. The van der Waals surface area contributed by atoms with E-state index in [4.69, 9.17) is 5.73 Å². The SMILES string of the molecule is CCNc1cccnc1S(=O)(=O)NCC(C)(C)C(N)=O. The third kappa shape index (κ3) is 3.91. The van der Waals surface area contributed by atoms with Gasteiger partial charge in [0, 0.05) is 19.3 Å². The molecular weight excluding hydrogens is 280 g/mol. The Bertz CT molecular complexity index is 584. The Morgan fingerprint density at radius 1 is 1.45 bits per heavy atom. The molecule has 20 heavy (non-hydrogen) atoms. The Balaban J connectivity index is 2.98. The lowest BCUT2D eigenvalue weighted by Gasteiger charge is -2.21. The van der Waals surface area contributed by atoms with E-state index in [0.717, 1.165) is 0 Å². The van der Waals surface area contributed by atoms with Crippen LogP contribution in [0.1, 0.15) is 20.8 Å². The van der Waals surface area contributed by atoms with Crippen LogP contribution in [0.4, 0.5) is 5.69 Å². The highest BCUT2D eigenvalue weighted by molar-refractivity contribution is 7.89. The number of nitrogens with one attached hydrogen (secondary N) is 2. The molecule has 0 spiro atoms. The van der Waals surface area contributed by atoms with Crippen molar-refractivity contribution < 1.29 is 13.2 Å². The summed E-state index contributed by atoms with van der Waals surface area (Å²) in [7, 11) is -3.81. The molecule has 1 aromatic rings. The van der Waals surface area contributed by atoms with Crippen LogP contribution in [0.5, 0.6) is 0 Å². The van der Waals surface area contributed by atoms with E-state index in [-0.39, 0.29) is 11.6 Å². The van der Waals surface area contributed by atoms with Crippen molar-refractivity contribution in [3.8, 4) is 0 Å². The molecule has 0 aliphatic rings. The van der Waals surface area contributed by atoms with E-state index in [0.29, 0.717) is 12.2 Å². The topological polar surface area (TPSA) is 114 Å². The van der Waals surface area contributed by atoms with Crippen LogP contribution < -0.4 is 15.8 Å². The number of carbonyl (C=O) groups is 1. The summed E-state index contributed by atoms with van der Waals surface area (Å²) in [5.74, 6) is -0.576. The van der Waals surface area contributed by atoms with Crippen LogP contribution in [0.25, 0.3) is 0 Å². The molecule has 0 saturated carbocycles. The van der Waals surface area contributed by atoms with Crippen LogP contribution in [0.15, 0.2) is 23.4 Å². The van der Waals surface area contributed by atoms with Gasteiger partial charge in [0.1, 0.15) is 0 Å². The fraction of sp³-hybridized carbons (Fsp3) is 0.500. The van der Waals surface area contributed by atoms with Gasteiger partial charge < -0.3 is 11.1 Å². The number of sulfonamides is 1. The number of amides is 1. The second-order valence-electron chi connectivity index (χ2n) is 4.96. The first kappa shape index (κ1) is 16.4. The number of anilines is 1. The van der Waals surface area contributed by atoms with Gasteiger partial charge in [0.25, 0.3) is 10.0 Å². The van der Waals surface area contributed by atoms with Crippen LogP contribution in [-0.4, -0.2) is 32.4 Å². The first-order chi connectivity index (χ1) is 9.20. The number of pyridine rings is 1. The zero-order valence-electron chi connectivity index (χ0n) is 11.8. The van der Waals surface area contributed by atoms with Gasteiger partial charge in [-0.25, -0.2) is 18.1 Å². The minimum absolute atomic E-state index is 0.0905. The molecule has 0 bridgehead atoms. The van der Waals surface area contributed by atoms with Crippen molar-refractivity contribution in [1.82, 2.24) is 9.71 Å². The molecule has 0 saturated heterocycles. The Hall–Kier alpha value is -1.67. The van der Waals surface area contributed by atoms with Gasteiger partial charge in [-0.2, -0.15) is 0 Å². The van der Waals surface area contributed by atoms with E-state index < -0.39 is 21.3 Å². The average Bonchev–Trinajstić information content (AvgIpc) is 2.37. The number of carbonyl (C=O) groups excluding carboxylic acids is 1. The summed E-state index contributed by atoms with van der Waals surface area (Å²) in [5.41, 5.74) is 4.66. The second-order valence-corrected chi connectivity index (χ2v) is 6.64. The van der Waals surface area contributed by atoms with Gasteiger partial charge in [0.05, 0.1) is 11.1 Å². The van der Waals surface area contributed by atoms with E-state index >= 15 is 0 Å². The molecule has 0 atom stereocenters. The van der Waals surface area contributed by atoms with Crippen molar-refractivity contribution in [1.29, 1.82) is 0 Å². The molecule has 0 aliphatic carbocycles. The number of rotatable bonds is 7. The van der Waals surface area contributed by atoms with Crippen LogP contribution in [0, 0.1) is 5.41 Å². The summed E-state index contributed by atoms with van der Waals surface area (Å²) in [6.45, 7) is 5.48. The van der Waals surface area contributed by atoms with Gasteiger partial charge in [0.2, 0.25) is 5.91 Å². The molecule has 0 radical (unpaired) electrons. The minimum Gasteiger partial charge on any atom is -0.383 e. The van der Waals surface area contributed by atoms with E-state index in [1.165, 1.54) is 6.20 Å². The highest BCUT2D eigenvalue weighted by Crippen LogP contribution is 2.19. The summed E-state index contributed by atoms with van der Waals surface area (Å²) >= 11 is 0. The Morgan fingerprint density at radius 3 is 2.65 bits per heavy atom. The third-order valence-electron chi connectivity index (χ3n) is 2.76. The molecule has 1 heterocycles. The fourth-order valence-electron chi connectivity index (χ4n) is 1.36. The maximum Gasteiger partial charge on any atom is 0.260 e. The van der Waals surface area contributed by atoms with E-state index in [9.17, 15) is 13.2 Å². The summed E-state index contributed by atoms with van der Waals surface area (Å²) in [6, 6.07) is 3.27. The lowest BCUT2D eigenvalue weighted by atomic mass is 9.93. The largest absolute Gasteiger partial charge is 0.383 e. The van der Waals surface area contributed by atoms with Gasteiger partial charge in [-0.1, -0.05) is 0 Å². The highest BCUT2D eigenvalue weighted by atomic mass is 32.2. The van der Waals surface area contributed by atoms with Gasteiger partial charge >= 0.3 is 0 Å². The molecule has 7 nitrogen and oxygen atoms in total.